The van der Waals surface area contributed by atoms with Gasteiger partial charge in [-0.25, -0.2) is 4.79 Å². The van der Waals surface area contributed by atoms with Gasteiger partial charge < -0.3 is 9.30 Å². The van der Waals surface area contributed by atoms with Crippen LogP contribution in [0.5, 0.6) is 0 Å². The normalized spacial score (nSPS) is 17.9. The molecular formula is C20H15O3P. The van der Waals surface area contributed by atoms with E-state index in [1.54, 1.807) is 12.1 Å². The van der Waals surface area contributed by atoms with Crippen molar-refractivity contribution in [2.75, 3.05) is 7.11 Å². The van der Waals surface area contributed by atoms with Crippen LogP contribution in [0, 0.1) is 0 Å². The van der Waals surface area contributed by atoms with Crippen LogP contribution in [-0.2, 0) is 9.30 Å². The number of hydrogen-bond acceptors (Lipinski definition) is 3. The molecule has 24 heavy (non-hydrogen) atoms. The first-order chi connectivity index (χ1) is 11.7. The number of esters is 1. The van der Waals surface area contributed by atoms with Crippen molar-refractivity contribution in [3.05, 3.63) is 78.4 Å². The minimum Gasteiger partial charge on any atom is -0.465 e. The van der Waals surface area contributed by atoms with Crippen molar-refractivity contribution in [2.24, 2.45) is 0 Å². The van der Waals surface area contributed by atoms with Gasteiger partial charge in [-0.2, -0.15) is 0 Å². The highest BCUT2D eigenvalue weighted by Crippen LogP contribution is 2.52. The van der Waals surface area contributed by atoms with Crippen LogP contribution in [0.3, 0.4) is 0 Å². The van der Waals surface area contributed by atoms with Crippen molar-refractivity contribution in [1.29, 1.82) is 0 Å². The molecule has 3 aromatic carbocycles. The summed E-state index contributed by atoms with van der Waals surface area (Å²) in [5, 5.41) is 2.31. The summed E-state index contributed by atoms with van der Waals surface area (Å²) in [6, 6.07) is 22.5. The number of benzene rings is 3. The van der Waals surface area contributed by atoms with Crippen molar-refractivity contribution >= 4 is 29.0 Å². The maximum atomic E-state index is 14.2. The molecule has 1 aliphatic rings. The summed E-state index contributed by atoms with van der Waals surface area (Å²) in [6.07, 6.45) is 0. The van der Waals surface area contributed by atoms with Crippen LogP contribution < -0.4 is 15.9 Å². The highest BCUT2D eigenvalue weighted by atomic mass is 31.2. The van der Waals surface area contributed by atoms with Crippen molar-refractivity contribution in [1.82, 2.24) is 0 Å². The molecule has 1 aliphatic heterocycles. The van der Waals surface area contributed by atoms with Crippen LogP contribution in [0.1, 0.15) is 10.4 Å². The molecule has 3 nitrogen and oxygen atoms in total. The zero-order valence-electron chi connectivity index (χ0n) is 13.1. The number of ether oxygens (including phenoxy) is 1. The summed E-state index contributed by atoms with van der Waals surface area (Å²) in [5.41, 5.74) is 2.31. The average molecular weight is 334 g/mol. The Morgan fingerprint density at radius 1 is 0.833 bits per heavy atom. The third-order valence-corrected chi connectivity index (χ3v) is 7.55. The number of fused-ring (bicyclic) bond motifs is 3. The molecule has 0 bridgehead atoms. The van der Waals surface area contributed by atoms with E-state index in [1.165, 1.54) is 7.11 Å². The summed E-state index contributed by atoms with van der Waals surface area (Å²) in [7, 11) is -1.64. The van der Waals surface area contributed by atoms with E-state index >= 15 is 0 Å². The van der Waals surface area contributed by atoms with E-state index in [4.69, 9.17) is 4.74 Å². The predicted molar refractivity (Wildman–Crippen MR) is 96.2 cm³/mol. The Balaban J connectivity index is 2.05. The molecule has 0 saturated heterocycles. The first kappa shape index (κ1) is 14.9. The van der Waals surface area contributed by atoms with Crippen molar-refractivity contribution < 1.29 is 14.1 Å². The number of methoxy groups -OCH3 is 1. The molecule has 4 heteroatoms. The van der Waals surface area contributed by atoms with Crippen LogP contribution in [0.4, 0.5) is 0 Å². The van der Waals surface area contributed by atoms with E-state index in [9.17, 15) is 9.36 Å². The van der Waals surface area contributed by atoms with Gasteiger partial charge in [0.25, 0.3) is 0 Å². The molecule has 3 aromatic rings. The lowest BCUT2D eigenvalue weighted by Gasteiger charge is -2.16. The molecule has 0 radical (unpaired) electrons. The van der Waals surface area contributed by atoms with Crippen molar-refractivity contribution in [2.45, 2.75) is 0 Å². The van der Waals surface area contributed by atoms with E-state index in [1.807, 2.05) is 60.7 Å². The van der Waals surface area contributed by atoms with Gasteiger partial charge in [-0.05, 0) is 23.3 Å². The molecular weight excluding hydrogens is 319 g/mol. The summed E-state index contributed by atoms with van der Waals surface area (Å²) in [6.45, 7) is 0. The molecule has 1 unspecified atom stereocenters. The highest BCUT2D eigenvalue weighted by molar-refractivity contribution is 7.86. The molecule has 0 amide bonds. The maximum Gasteiger partial charge on any atom is 0.337 e. The molecule has 1 atom stereocenters. The lowest BCUT2D eigenvalue weighted by atomic mass is 10.0. The monoisotopic (exact) mass is 334 g/mol. The van der Waals surface area contributed by atoms with Gasteiger partial charge in [0.15, 0.2) is 7.14 Å². The predicted octanol–water partition coefficient (Wildman–Crippen LogP) is 3.09. The highest BCUT2D eigenvalue weighted by Gasteiger charge is 2.40. The van der Waals surface area contributed by atoms with Gasteiger partial charge in [-0.15, -0.1) is 0 Å². The molecule has 0 saturated carbocycles. The number of rotatable bonds is 2. The Bertz CT molecular complexity index is 993. The van der Waals surface area contributed by atoms with Gasteiger partial charge in [-0.3, -0.25) is 0 Å². The lowest BCUT2D eigenvalue weighted by Crippen LogP contribution is -2.21. The van der Waals surface area contributed by atoms with Crippen LogP contribution >= 0.6 is 7.14 Å². The van der Waals surface area contributed by atoms with E-state index in [0.717, 1.165) is 21.7 Å². The second-order valence-electron chi connectivity index (χ2n) is 5.69. The Kier molecular flexibility index (Phi) is 3.40. The van der Waals surface area contributed by atoms with Crippen LogP contribution in [0.25, 0.3) is 11.1 Å². The fourth-order valence-corrected chi connectivity index (χ4v) is 6.38. The Hall–Kier alpha value is -2.64. The molecule has 0 aromatic heterocycles. The zero-order chi connectivity index (χ0) is 16.7. The first-order valence-corrected chi connectivity index (χ1v) is 9.35. The van der Waals surface area contributed by atoms with Gasteiger partial charge in [0, 0.05) is 15.9 Å². The fourth-order valence-electron chi connectivity index (χ4n) is 3.29. The number of carbonyl (C=O) groups is 1. The second kappa shape index (κ2) is 5.47. The van der Waals surface area contributed by atoms with Gasteiger partial charge in [0.1, 0.15) is 0 Å². The molecule has 118 valence electrons. The van der Waals surface area contributed by atoms with Crippen LogP contribution in [-0.4, -0.2) is 13.1 Å². The van der Waals surface area contributed by atoms with E-state index < -0.39 is 13.1 Å². The summed E-state index contributed by atoms with van der Waals surface area (Å²) >= 11 is 0. The molecule has 4 rings (SSSR count). The average Bonchev–Trinajstić information content (AvgIpc) is 2.92. The molecule has 1 heterocycles. The largest absolute Gasteiger partial charge is 0.465 e. The lowest BCUT2D eigenvalue weighted by molar-refractivity contribution is 0.0601. The number of hydrogen-bond donors (Lipinski definition) is 0. The fraction of sp³-hybridized carbons (Fsp3) is 0.0500. The molecule has 0 spiro atoms. The topological polar surface area (TPSA) is 43.4 Å². The van der Waals surface area contributed by atoms with Crippen molar-refractivity contribution in [3.8, 4) is 11.1 Å². The standard InChI is InChI=1S/C20H15O3P/c1-23-20(21)14-11-12-17-16-9-5-6-10-18(16)24(22,19(17)13-14)15-7-3-2-4-8-15/h2-13H,1H3. The third-order valence-electron chi connectivity index (χ3n) is 4.41. The molecule has 0 N–H and O–H groups in total. The minimum absolute atomic E-state index is 0.417. The first-order valence-electron chi connectivity index (χ1n) is 7.65. The van der Waals surface area contributed by atoms with E-state index in [0.29, 0.717) is 10.9 Å². The maximum absolute atomic E-state index is 14.2. The van der Waals surface area contributed by atoms with Crippen LogP contribution in [0.2, 0.25) is 0 Å². The van der Waals surface area contributed by atoms with Gasteiger partial charge in [0.2, 0.25) is 0 Å². The van der Waals surface area contributed by atoms with E-state index in [-0.39, 0.29) is 0 Å². The van der Waals surface area contributed by atoms with Gasteiger partial charge >= 0.3 is 5.97 Å². The van der Waals surface area contributed by atoms with Crippen molar-refractivity contribution in [3.63, 3.8) is 0 Å². The third kappa shape index (κ3) is 1.98. The van der Waals surface area contributed by atoms with E-state index in [2.05, 4.69) is 0 Å². The molecule has 0 aliphatic carbocycles. The van der Waals surface area contributed by atoms with Crippen LogP contribution in [0.15, 0.2) is 72.8 Å². The summed E-state index contributed by atoms with van der Waals surface area (Å²) in [5.74, 6) is -0.423. The Labute approximate surface area is 140 Å². The van der Waals surface area contributed by atoms with Gasteiger partial charge in [0.05, 0.1) is 12.7 Å². The Morgan fingerprint density at radius 2 is 1.50 bits per heavy atom. The smallest absolute Gasteiger partial charge is 0.337 e. The summed E-state index contributed by atoms with van der Waals surface area (Å²) in [4.78, 5) is 11.9. The van der Waals surface area contributed by atoms with Gasteiger partial charge in [-0.1, -0.05) is 60.7 Å². The second-order valence-corrected chi connectivity index (χ2v) is 8.38. The SMILES string of the molecule is COC(=O)c1ccc2c(c1)P(=O)(c1ccccc1)c1ccccc1-2. The Morgan fingerprint density at radius 3 is 2.25 bits per heavy atom. The summed E-state index contributed by atoms with van der Waals surface area (Å²) < 4.78 is 19.0. The number of carbonyl (C=O) groups excluding carboxylic acids is 1. The quantitative estimate of drug-likeness (QED) is 0.418. The minimum atomic E-state index is -2.99. The zero-order valence-corrected chi connectivity index (χ0v) is 14.0. The molecule has 0 fully saturated rings.